The zero-order valence-electron chi connectivity index (χ0n) is 9.65. The van der Waals surface area contributed by atoms with E-state index in [1.54, 1.807) is 12.3 Å². The summed E-state index contributed by atoms with van der Waals surface area (Å²) in [6, 6.07) is 8.71. The van der Waals surface area contributed by atoms with Crippen LogP contribution in [0.25, 0.3) is 0 Å². The molecule has 3 N–H and O–H groups in total. The number of halogens is 4. The lowest BCUT2D eigenvalue weighted by atomic mass is 10.1. The Morgan fingerprint density at radius 1 is 1.11 bits per heavy atom. The second-order valence-corrected chi connectivity index (χ2v) is 3.72. The molecule has 0 spiro atoms. The van der Waals surface area contributed by atoms with Gasteiger partial charge < -0.3 is 15.5 Å². The molecule has 0 fully saturated rings. The second-order valence-electron chi connectivity index (χ2n) is 3.72. The summed E-state index contributed by atoms with van der Waals surface area (Å²) in [5, 5.41) is 0. The first-order valence-corrected chi connectivity index (χ1v) is 5.20. The van der Waals surface area contributed by atoms with E-state index in [1.165, 1.54) is 24.3 Å². The van der Waals surface area contributed by atoms with Gasteiger partial charge in [0.25, 0.3) is 0 Å². The standard InChI is InChI=1S/C12H11F3N2O.ClH/c13-12(14,15)18-9-5-3-8(4-6-9)11(16)10-2-1-7-17-10;/h1-7,11,17H,16H2;1H/t11-;/m0./s1. The molecular formula is C12H12ClF3N2O. The topological polar surface area (TPSA) is 51.0 Å². The molecule has 3 nitrogen and oxygen atoms in total. The molecule has 0 saturated heterocycles. The summed E-state index contributed by atoms with van der Waals surface area (Å²) in [6.45, 7) is 0. The maximum absolute atomic E-state index is 12.0. The number of aromatic nitrogens is 1. The molecule has 1 aromatic heterocycles. The Morgan fingerprint density at radius 2 is 1.74 bits per heavy atom. The van der Waals surface area contributed by atoms with Crippen molar-refractivity contribution in [1.82, 2.24) is 4.98 Å². The zero-order valence-corrected chi connectivity index (χ0v) is 10.5. The van der Waals surface area contributed by atoms with Gasteiger partial charge in [-0.05, 0) is 29.8 Å². The summed E-state index contributed by atoms with van der Waals surface area (Å²) >= 11 is 0. The average Bonchev–Trinajstić information content (AvgIpc) is 2.80. The summed E-state index contributed by atoms with van der Waals surface area (Å²) < 4.78 is 39.7. The van der Waals surface area contributed by atoms with Crippen molar-refractivity contribution in [3.63, 3.8) is 0 Å². The van der Waals surface area contributed by atoms with Crippen molar-refractivity contribution in [2.45, 2.75) is 12.4 Å². The number of benzene rings is 1. The molecule has 0 saturated carbocycles. The molecule has 0 amide bonds. The summed E-state index contributed by atoms with van der Waals surface area (Å²) in [6.07, 6.45) is -2.95. The first-order chi connectivity index (χ1) is 8.46. The number of nitrogens with one attached hydrogen (secondary N) is 1. The van der Waals surface area contributed by atoms with Crippen LogP contribution in [-0.2, 0) is 0 Å². The van der Waals surface area contributed by atoms with Crippen LogP contribution < -0.4 is 10.5 Å². The van der Waals surface area contributed by atoms with Crippen molar-refractivity contribution in [1.29, 1.82) is 0 Å². The Morgan fingerprint density at radius 3 is 2.21 bits per heavy atom. The fourth-order valence-electron chi connectivity index (χ4n) is 1.59. The van der Waals surface area contributed by atoms with Crippen molar-refractivity contribution < 1.29 is 17.9 Å². The van der Waals surface area contributed by atoms with Gasteiger partial charge in [0.1, 0.15) is 5.75 Å². The molecule has 0 unspecified atom stereocenters. The maximum Gasteiger partial charge on any atom is 0.573 e. The summed E-state index contributed by atoms with van der Waals surface area (Å²) in [5.41, 5.74) is 7.44. The first kappa shape index (κ1) is 15.4. The summed E-state index contributed by atoms with van der Waals surface area (Å²) in [4.78, 5) is 2.95. The number of nitrogens with two attached hydrogens (primary N) is 1. The smallest absolute Gasteiger partial charge is 0.406 e. The molecule has 0 aliphatic rings. The molecule has 1 aromatic carbocycles. The van der Waals surface area contributed by atoms with Crippen LogP contribution in [0.3, 0.4) is 0 Å². The fourth-order valence-corrected chi connectivity index (χ4v) is 1.59. The molecule has 19 heavy (non-hydrogen) atoms. The van der Waals surface area contributed by atoms with Crippen molar-refractivity contribution in [3.8, 4) is 5.75 Å². The van der Waals surface area contributed by atoms with Crippen molar-refractivity contribution in [2.24, 2.45) is 5.73 Å². The lowest BCUT2D eigenvalue weighted by molar-refractivity contribution is -0.274. The van der Waals surface area contributed by atoms with Crippen molar-refractivity contribution in [3.05, 3.63) is 53.9 Å². The van der Waals surface area contributed by atoms with Crippen LogP contribution in [0.1, 0.15) is 17.3 Å². The highest BCUT2D eigenvalue weighted by atomic mass is 35.5. The molecule has 0 aliphatic carbocycles. The SMILES string of the molecule is Cl.N[C@@H](c1ccc(OC(F)(F)F)cc1)c1ccc[nH]1. The maximum atomic E-state index is 12.0. The molecule has 0 radical (unpaired) electrons. The monoisotopic (exact) mass is 292 g/mol. The predicted octanol–water partition coefficient (Wildman–Crippen LogP) is 3.38. The van der Waals surface area contributed by atoms with Crippen LogP contribution in [0.2, 0.25) is 0 Å². The van der Waals surface area contributed by atoms with Crippen LogP contribution >= 0.6 is 12.4 Å². The second kappa shape index (κ2) is 5.99. The Hall–Kier alpha value is -1.66. The number of hydrogen-bond acceptors (Lipinski definition) is 2. The lowest BCUT2D eigenvalue weighted by Gasteiger charge is -2.12. The average molecular weight is 293 g/mol. The van der Waals surface area contributed by atoms with Gasteiger partial charge >= 0.3 is 6.36 Å². The van der Waals surface area contributed by atoms with Gasteiger partial charge in [-0.3, -0.25) is 0 Å². The van der Waals surface area contributed by atoms with E-state index in [4.69, 9.17) is 5.73 Å². The molecule has 1 heterocycles. The minimum Gasteiger partial charge on any atom is -0.406 e. The van der Waals surface area contributed by atoms with E-state index in [0.717, 1.165) is 5.69 Å². The van der Waals surface area contributed by atoms with Gasteiger partial charge in [0.15, 0.2) is 0 Å². The number of ether oxygens (including phenoxy) is 1. The number of rotatable bonds is 3. The summed E-state index contributed by atoms with van der Waals surface area (Å²) in [5.74, 6) is -0.259. The van der Waals surface area contributed by atoms with Crippen molar-refractivity contribution in [2.75, 3.05) is 0 Å². The van der Waals surface area contributed by atoms with Crippen LogP contribution in [-0.4, -0.2) is 11.3 Å². The number of aromatic amines is 1. The lowest BCUT2D eigenvalue weighted by Crippen LogP contribution is -2.17. The Kier molecular flexibility index (Phi) is 4.85. The van der Waals surface area contributed by atoms with E-state index < -0.39 is 12.4 Å². The van der Waals surface area contributed by atoms with Gasteiger partial charge in [0.05, 0.1) is 6.04 Å². The molecule has 2 rings (SSSR count). The van der Waals surface area contributed by atoms with Gasteiger partial charge in [-0.2, -0.15) is 0 Å². The highest BCUT2D eigenvalue weighted by molar-refractivity contribution is 5.85. The minimum atomic E-state index is -4.68. The van der Waals surface area contributed by atoms with Crippen molar-refractivity contribution >= 4 is 12.4 Å². The Labute approximate surface area is 114 Å². The van der Waals surface area contributed by atoms with Gasteiger partial charge in [-0.1, -0.05) is 12.1 Å². The zero-order chi connectivity index (χ0) is 13.2. The quantitative estimate of drug-likeness (QED) is 0.911. The van der Waals surface area contributed by atoms with E-state index in [9.17, 15) is 13.2 Å². The highest BCUT2D eigenvalue weighted by Gasteiger charge is 2.31. The third-order valence-corrected chi connectivity index (χ3v) is 2.43. The molecule has 2 aromatic rings. The van der Waals surface area contributed by atoms with Gasteiger partial charge in [-0.25, -0.2) is 0 Å². The fraction of sp³-hybridized carbons (Fsp3) is 0.167. The van der Waals surface area contributed by atoms with Gasteiger partial charge in [0, 0.05) is 11.9 Å². The van der Waals surface area contributed by atoms with E-state index in [0.29, 0.717) is 5.56 Å². The molecule has 104 valence electrons. The Bertz CT molecular complexity index is 497. The third-order valence-electron chi connectivity index (χ3n) is 2.43. The van der Waals surface area contributed by atoms with Crippen LogP contribution in [0.15, 0.2) is 42.6 Å². The van der Waals surface area contributed by atoms with E-state index in [-0.39, 0.29) is 18.2 Å². The predicted molar refractivity (Wildman–Crippen MR) is 67.2 cm³/mol. The molecular weight excluding hydrogens is 281 g/mol. The molecule has 1 atom stereocenters. The number of hydrogen-bond donors (Lipinski definition) is 2. The van der Waals surface area contributed by atoms with Gasteiger partial charge in [-0.15, -0.1) is 25.6 Å². The largest absolute Gasteiger partial charge is 0.573 e. The molecule has 0 bridgehead atoms. The van der Waals surface area contributed by atoms with Gasteiger partial charge in [0.2, 0.25) is 0 Å². The summed E-state index contributed by atoms with van der Waals surface area (Å²) in [7, 11) is 0. The Balaban J connectivity index is 0.00000180. The number of alkyl halides is 3. The third kappa shape index (κ3) is 4.18. The first-order valence-electron chi connectivity index (χ1n) is 5.20. The molecule has 0 aliphatic heterocycles. The minimum absolute atomic E-state index is 0. The van der Waals surface area contributed by atoms with Crippen LogP contribution in [0, 0.1) is 0 Å². The van der Waals surface area contributed by atoms with E-state index >= 15 is 0 Å². The highest BCUT2D eigenvalue weighted by Crippen LogP contribution is 2.25. The van der Waals surface area contributed by atoms with E-state index in [2.05, 4.69) is 9.72 Å². The molecule has 7 heteroatoms. The number of H-pyrrole nitrogens is 1. The van der Waals surface area contributed by atoms with E-state index in [1.807, 2.05) is 6.07 Å². The van der Waals surface area contributed by atoms with Crippen LogP contribution in [0.4, 0.5) is 13.2 Å². The van der Waals surface area contributed by atoms with Crippen LogP contribution in [0.5, 0.6) is 5.75 Å². The normalized spacial score (nSPS) is 12.6.